The highest BCUT2D eigenvalue weighted by Gasteiger charge is 2.19. The number of nitrogens with zero attached hydrogens (tertiary/aromatic N) is 2. The van der Waals surface area contributed by atoms with Crippen molar-refractivity contribution < 1.29 is 13.3 Å². The van der Waals surface area contributed by atoms with E-state index in [4.69, 9.17) is 0 Å². The summed E-state index contributed by atoms with van der Waals surface area (Å²) >= 11 is 3.30. The molecule has 0 unspecified atom stereocenters. The van der Waals surface area contributed by atoms with Crippen molar-refractivity contribution in [3.8, 4) is 0 Å². The number of sulfonamides is 1. The topological polar surface area (TPSA) is 80.5 Å². The minimum absolute atomic E-state index is 0.0248. The van der Waals surface area contributed by atoms with Crippen molar-refractivity contribution >= 4 is 37.3 Å². The van der Waals surface area contributed by atoms with E-state index in [1.807, 2.05) is 0 Å². The summed E-state index contributed by atoms with van der Waals surface area (Å²) < 4.78 is 26.0. The second-order valence-corrected chi connectivity index (χ2v) is 7.50. The number of hydrogen-bond acceptors (Lipinski definition) is 4. The number of halogens is 1. The Bertz CT molecular complexity index is 808. The van der Waals surface area contributed by atoms with Crippen molar-refractivity contribution in [1.29, 1.82) is 0 Å². The molecule has 0 spiro atoms. The van der Waals surface area contributed by atoms with Gasteiger partial charge in [0.15, 0.2) is 0 Å². The standard InChI is InChI=1S/C14H13BrN2O4S/c1-22(20,21)16(13-6-3-5-12(15)9-13)10-11-4-2-7-14(8-11)17(18)19/h2-9H,10H2,1H3. The van der Waals surface area contributed by atoms with Gasteiger partial charge in [0.25, 0.3) is 5.69 Å². The second-order valence-electron chi connectivity index (χ2n) is 4.68. The highest BCUT2D eigenvalue weighted by atomic mass is 79.9. The van der Waals surface area contributed by atoms with Gasteiger partial charge in [-0.2, -0.15) is 0 Å². The number of hydrogen-bond donors (Lipinski definition) is 0. The Labute approximate surface area is 136 Å². The van der Waals surface area contributed by atoms with Crippen LogP contribution in [0.2, 0.25) is 0 Å². The zero-order chi connectivity index (χ0) is 16.3. The van der Waals surface area contributed by atoms with Gasteiger partial charge >= 0.3 is 0 Å². The van der Waals surface area contributed by atoms with Crippen molar-refractivity contribution in [2.45, 2.75) is 6.54 Å². The molecule has 0 bridgehead atoms. The average Bonchev–Trinajstić information content (AvgIpc) is 2.44. The van der Waals surface area contributed by atoms with Crippen molar-refractivity contribution in [3.63, 3.8) is 0 Å². The molecule has 0 radical (unpaired) electrons. The fourth-order valence-electron chi connectivity index (χ4n) is 1.97. The molecule has 8 heteroatoms. The fraction of sp³-hybridized carbons (Fsp3) is 0.143. The van der Waals surface area contributed by atoms with Crippen LogP contribution in [0.5, 0.6) is 0 Å². The van der Waals surface area contributed by atoms with Crippen LogP contribution >= 0.6 is 15.9 Å². The predicted octanol–water partition coefficient (Wildman–Crippen LogP) is 3.32. The lowest BCUT2D eigenvalue weighted by atomic mass is 10.2. The SMILES string of the molecule is CS(=O)(=O)N(Cc1cccc([N+](=O)[O-])c1)c1cccc(Br)c1. The number of rotatable bonds is 5. The van der Waals surface area contributed by atoms with E-state index in [-0.39, 0.29) is 12.2 Å². The van der Waals surface area contributed by atoms with E-state index in [1.54, 1.807) is 30.3 Å². The van der Waals surface area contributed by atoms with Gasteiger partial charge in [-0.1, -0.05) is 34.1 Å². The van der Waals surface area contributed by atoms with Crippen LogP contribution in [0.3, 0.4) is 0 Å². The Morgan fingerprint density at radius 2 is 1.86 bits per heavy atom. The molecule has 0 saturated carbocycles. The minimum Gasteiger partial charge on any atom is -0.266 e. The quantitative estimate of drug-likeness (QED) is 0.584. The molecule has 0 N–H and O–H groups in total. The first-order valence-corrected chi connectivity index (χ1v) is 8.88. The molecule has 0 amide bonds. The van der Waals surface area contributed by atoms with Crippen LogP contribution < -0.4 is 4.31 Å². The zero-order valence-corrected chi connectivity index (χ0v) is 14.0. The summed E-state index contributed by atoms with van der Waals surface area (Å²) in [4.78, 5) is 10.3. The lowest BCUT2D eigenvalue weighted by Crippen LogP contribution is -2.29. The first kappa shape index (κ1) is 16.4. The van der Waals surface area contributed by atoms with E-state index in [0.717, 1.165) is 10.7 Å². The smallest absolute Gasteiger partial charge is 0.266 e. The number of nitro benzene ring substituents is 1. The first-order valence-electron chi connectivity index (χ1n) is 6.24. The Kier molecular flexibility index (Phi) is 4.82. The number of benzene rings is 2. The van der Waals surface area contributed by atoms with E-state index in [9.17, 15) is 18.5 Å². The number of nitro groups is 1. The van der Waals surface area contributed by atoms with Crippen LogP contribution in [0.1, 0.15) is 5.56 Å². The molecule has 0 aliphatic carbocycles. The van der Waals surface area contributed by atoms with Gasteiger partial charge in [-0.3, -0.25) is 14.4 Å². The molecule has 0 saturated heterocycles. The van der Waals surface area contributed by atoms with Crippen LogP contribution in [0, 0.1) is 10.1 Å². The van der Waals surface area contributed by atoms with E-state index < -0.39 is 14.9 Å². The summed E-state index contributed by atoms with van der Waals surface area (Å²) in [5.74, 6) is 0. The van der Waals surface area contributed by atoms with Crippen LogP contribution in [0.15, 0.2) is 53.0 Å². The van der Waals surface area contributed by atoms with E-state index >= 15 is 0 Å². The van der Waals surface area contributed by atoms with Crippen LogP contribution in [-0.2, 0) is 16.6 Å². The summed E-state index contributed by atoms with van der Waals surface area (Å²) in [6.07, 6.45) is 1.10. The molecule has 2 aromatic rings. The third-order valence-electron chi connectivity index (χ3n) is 2.94. The van der Waals surface area contributed by atoms with Gasteiger partial charge in [0.2, 0.25) is 10.0 Å². The van der Waals surface area contributed by atoms with E-state index in [1.165, 1.54) is 22.5 Å². The van der Waals surface area contributed by atoms with Crippen LogP contribution in [0.4, 0.5) is 11.4 Å². The highest BCUT2D eigenvalue weighted by molar-refractivity contribution is 9.10. The largest absolute Gasteiger partial charge is 0.269 e. The summed E-state index contributed by atoms with van der Waals surface area (Å²) in [5.41, 5.74) is 0.961. The lowest BCUT2D eigenvalue weighted by Gasteiger charge is -2.22. The van der Waals surface area contributed by atoms with Crippen molar-refractivity contribution in [2.75, 3.05) is 10.6 Å². The Hall–Kier alpha value is -1.93. The Morgan fingerprint density at radius 1 is 1.18 bits per heavy atom. The summed E-state index contributed by atoms with van der Waals surface area (Å²) in [5, 5.41) is 10.8. The molecule has 0 atom stereocenters. The van der Waals surface area contributed by atoms with Gasteiger partial charge in [0, 0.05) is 16.6 Å². The van der Waals surface area contributed by atoms with Gasteiger partial charge in [-0.05, 0) is 23.8 Å². The maximum Gasteiger partial charge on any atom is 0.269 e. The summed E-state index contributed by atoms with van der Waals surface area (Å²) in [7, 11) is -3.52. The average molecular weight is 385 g/mol. The molecule has 22 heavy (non-hydrogen) atoms. The summed E-state index contributed by atoms with van der Waals surface area (Å²) in [6.45, 7) is 0.0248. The third-order valence-corrected chi connectivity index (χ3v) is 4.58. The molecule has 2 aromatic carbocycles. The van der Waals surface area contributed by atoms with Crippen molar-refractivity contribution in [2.24, 2.45) is 0 Å². The molecular weight excluding hydrogens is 372 g/mol. The molecule has 0 heterocycles. The first-order chi connectivity index (χ1) is 10.3. The second kappa shape index (κ2) is 6.45. The lowest BCUT2D eigenvalue weighted by molar-refractivity contribution is -0.384. The fourth-order valence-corrected chi connectivity index (χ4v) is 3.23. The molecule has 6 nitrogen and oxygen atoms in total. The molecule has 0 aromatic heterocycles. The van der Waals surface area contributed by atoms with Gasteiger partial charge in [-0.15, -0.1) is 0 Å². The normalized spacial score (nSPS) is 11.2. The van der Waals surface area contributed by atoms with E-state index in [0.29, 0.717) is 11.3 Å². The molecule has 0 aliphatic rings. The zero-order valence-electron chi connectivity index (χ0n) is 11.6. The predicted molar refractivity (Wildman–Crippen MR) is 88.3 cm³/mol. The van der Waals surface area contributed by atoms with Gasteiger partial charge in [0.1, 0.15) is 0 Å². The maximum absolute atomic E-state index is 12.0. The van der Waals surface area contributed by atoms with Gasteiger partial charge in [-0.25, -0.2) is 8.42 Å². The number of non-ortho nitro benzene ring substituents is 1. The minimum atomic E-state index is -3.52. The van der Waals surface area contributed by atoms with Crippen molar-refractivity contribution in [3.05, 3.63) is 68.7 Å². The molecule has 0 fully saturated rings. The van der Waals surface area contributed by atoms with Gasteiger partial charge < -0.3 is 0 Å². The molecule has 2 rings (SSSR count). The highest BCUT2D eigenvalue weighted by Crippen LogP contribution is 2.25. The van der Waals surface area contributed by atoms with Crippen molar-refractivity contribution in [1.82, 2.24) is 0 Å². The van der Waals surface area contributed by atoms with E-state index in [2.05, 4.69) is 15.9 Å². The maximum atomic E-state index is 12.0. The number of anilines is 1. The summed E-state index contributed by atoms with van der Waals surface area (Å²) in [6, 6.07) is 12.8. The Morgan fingerprint density at radius 3 is 2.45 bits per heavy atom. The van der Waals surface area contributed by atoms with Crippen LogP contribution in [-0.4, -0.2) is 19.6 Å². The van der Waals surface area contributed by atoms with Crippen LogP contribution in [0.25, 0.3) is 0 Å². The van der Waals surface area contributed by atoms with Gasteiger partial charge in [0.05, 0.1) is 23.4 Å². The Balaban J connectivity index is 2.40. The molecule has 0 aliphatic heterocycles. The third kappa shape index (κ3) is 4.05. The monoisotopic (exact) mass is 384 g/mol. The molecule has 116 valence electrons. The molecular formula is C14H13BrN2O4S.